The molecule has 1 aliphatic heterocycles. The molecular weight excluding hydrogens is 600 g/mol. The Bertz CT molecular complexity index is 1340. The van der Waals surface area contributed by atoms with E-state index in [9.17, 15) is 19.5 Å². The van der Waals surface area contributed by atoms with Gasteiger partial charge in [0.25, 0.3) is 5.91 Å². The van der Waals surface area contributed by atoms with Gasteiger partial charge in [-0.25, -0.2) is 9.59 Å². The zero-order chi connectivity index (χ0) is 34.6. The average molecular weight is 651 g/mol. The maximum absolute atomic E-state index is 12.8. The van der Waals surface area contributed by atoms with Crippen LogP contribution in [-0.4, -0.2) is 55.6 Å². The molecule has 4 atom stereocenters. The highest BCUT2D eigenvalue weighted by Gasteiger charge is 2.21. The summed E-state index contributed by atoms with van der Waals surface area (Å²) in [7, 11) is 3.05. The quantitative estimate of drug-likeness (QED) is 0.162. The van der Waals surface area contributed by atoms with Crippen molar-refractivity contribution < 1.29 is 38.4 Å². The van der Waals surface area contributed by atoms with Crippen LogP contribution in [0.4, 0.5) is 4.79 Å². The van der Waals surface area contributed by atoms with Gasteiger partial charge in [-0.2, -0.15) is 0 Å². The summed E-state index contributed by atoms with van der Waals surface area (Å²) in [5.41, 5.74) is 7.49. The molecule has 0 aliphatic carbocycles. The summed E-state index contributed by atoms with van der Waals surface area (Å²) in [5.74, 6) is 0.178. The zero-order valence-corrected chi connectivity index (χ0v) is 28.1. The molecule has 1 aliphatic rings. The van der Waals surface area contributed by atoms with Crippen molar-refractivity contribution in [1.82, 2.24) is 5.32 Å². The Balaban J connectivity index is 2.15. The monoisotopic (exact) mass is 650 g/mol. The van der Waals surface area contributed by atoms with Gasteiger partial charge in [0, 0.05) is 36.2 Å². The van der Waals surface area contributed by atoms with Crippen LogP contribution in [0.5, 0.6) is 11.5 Å². The van der Waals surface area contributed by atoms with Crippen molar-refractivity contribution in [2.24, 2.45) is 11.7 Å². The maximum atomic E-state index is 12.8. The van der Waals surface area contributed by atoms with E-state index in [4.69, 9.17) is 24.7 Å². The summed E-state index contributed by atoms with van der Waals surface area (Å²) in [4.78, 5) is 36.8. The van der Waals surface area contributed by atoms with Gasteiger partial charge < -0.3 is 35.1 Å². The number of benzene rings is 1. The smallest absolute Gasteiger partial charge is 0.404 e. The molecule has 0 fully saturated rings. The lowest BCUT2D eigenvalue weighted by molar-refractivity contribution is -0.144. The predicted molar refractivity (Wildman–Crippen MR) is 183 cm³/mol. The number of hydrogen-bond acceptors (Lipinski definition) is 8. The second-order valence-corrected chi connectivity index (χ2v) is 11.5. The molecule has 0 spiro atoms. The standard InChI is InChI=1S/C37H50N2O8/c1-26-15-11-10-13-17-33(47-37(38)43)32(40)16-12-8-6-7-9-14-18-35(41)46-34(22-26)28(3)21-27(2)19-20-39-36(42)29-23-30(44-4)25-31(24-29)45-5/h10-12,14-16,18-21,23-25,28,32-34,40H,6-9,13,17,22H2,1-5H3,(H2,38,43)(H,39,42)/b11-10+,16-12+,18-14+,20-19+,26-15+,27-21+/t28-,32+,33+,34-/m1/s1. The van der Waals surface area contributed by atoms with Crippen LogP contribution in [0.3, 0.4) is 0 Å². The normalized spacial score (nSPS) is 24.5. The minimum absolute atomic E-state index is 0.138. The molecule has 10 nitrogen and oxygen atoms in total. The number of nitrogens with two attached hydrogens (primary N) is 1. The van der Waals surface area contributed by atoms with Gasteiger partial charge in [-0.3, -0.25) is 4.79 Å². The van der Waals surface area contributed by atoms with Crippen LogP contribution >= 0.6 is 0 Å². The van der Waals surface area contributed by atoms with Gasteiger partial charge in [-0.1, -0.05) is 60.6 Å². The van der Waals surface area contributed by atoms with E-state index in [1.807, 2.05) is 57.2 Å². The molecule has 2 rings (SSSR count). The largest absolute Gasteiger partial charge is 0.497 e. The number of methoxy groups -OCH3 is 2. The van der Waals surface area contributed by atoms with E-state index in [0.717, 1.165) is 30.4 Å². The molecule has 0 saturated heterocycles. The highest BCUT2D eigenvalue weighted by molar-refractivity contribution is 5.95. The number of ether oxygens (including phenoxy) is 4. The molecule has 4 N–H and O–H groups in total. The average Bonchev–Trinajstić information content (AvgIpc) is 3.03. The third kappa shape index (κ3) is 15.5. The molecule has 256 valence electrons. The van der Waals surface area contributed by atoms with Crippen molar-refractivity contribution in [3.63, 3.8) is 0 Å². The second kappa shape index (κ2) is 21.3. The Morgan fingerprint density at radius 3 is 2.40 bits per heavy atom. The van der Waals surface area contributed by atoms with Crippen LogP contribution in [0, 0.1) is 5.92 Å². The van der Waals surface area contributed by atoms with Crippen molar-refractivity contribution >= 4 is 18.0 Å². The third-order valence-electron chi connectivity index (χ3n) is 7.44. The Morgan fingerprint density at radius 2 is 1.74 bits per heavy atom. The first-order valence-corrected chi connectivity index (χ1v) is 15.9. The molecule has 0 saturated carbocycles. The first kappa shape index (κ1) is 38.6. The molecular formula is C37H50N2O8. The van der Waals surface area contributed by atoms with E-state index in [0.29, 0.717) is 42.7 Å². The molecule has 47 heavy (non-hydrogen) atoms. The van der Waals surface area contributed by atoms with Gasteiger partial charge in [0.2, 0.25) is 0 Å². The van der Waals surface area contributed by atoms with Gasteiger partial charge in [0.05, 0.1) is 14.2 Å². The Kier molecular flexibility index (Phi) is 17.5. The highest BCUT2D eigenvalue weighted by atomic mass is 16.6. The number of rotatable bonds is 8. The summed E-state index contributed by atoms with van der Waals surface area (Å²) < 4.78 is 21.6. The molecule has 1 aromatic carbocycles. The Labute approximate surface area is 278 Å². The minimum atomic E-state index is -0.949. The number of aliphatic hydroxyl groups is 1. The Morgan fingerprint density at radius 1 is 1.06 bits per heavy atom. The Hall–Kier alpha value is -4.57. The summed E-state index contributed by atoms with van der Waals surface area (Å²) in [6, 6.07) is 4.95. The van der Waals surface area contributed by atoms with Crippen molar-refractivity contribution in [1.29, 1.82) is 0 Å². The lowest BCUT2D eigenvalue weighted by Gasteiger charge is -2.22. The topological polar surface area (TPSA) is 146 Å². The highest BCUT2D eigenvalue weighted by Crippen LogP contribution is 2.23. The van der Waals surface area contributed by atoms with E-state index in [1.54, 1.807) is 36.6 Å². The lowest BCUT2D eigenvalue weighted by atomic mass is 9.95. The predicted octanol–water partition coefficient (Wildman–Crippen LogP) is 6.63. The summed E-state index contributed by atoms with van der Waals surface area (Å²) in [6.07, 6.45) is 19.5. The number of amides is 2. The molecule has 1 aromatic rings. The molecule has 1 heterocycles. The van der Waals surface area contributed by atoms with Crippen LogP contribution in [0.2, 0.25) is 0 Å². The van der Waals surface area contributed by atoms with Crippen molar-refractivity contribution in [3.05, 3.63) is 95.8 Å². The number of hydrogen-bond donors (Lipinski definition) is 3. The first-order chi connectivity index (χ1) is 22.5. The number of nitrogens with one attached hydrogen (secondary N) is 1. The van der Waals surface area contributed by atoms with Crippen LogP contribution in [0.1, 0.15) is 76.1 Å². The molecule has 2 amide bonds. The molecule has 0 bridgehead atoms. The summed E-state index contributed by atoms with van der Waals surface area (Å²) in [6.45, 7) is 5.86. The molecule has 0 radical (unpaired) electrons. The van der Waals surface area contributed by atoms with Crippen molar-refractivity contribution in [2.45, 2.75) is 84.0 Å². The number of cyclic esters (lactones) is 1. The number of carbonyl (C=O) groups is 3. The van der Waals surface area contributed by atoms with Crippen LogP contribution in [-0.2, 0) is 14.3 Å². The summed E-state index contributed by atoms with van der Waals surface area (Å²) >= 11 is 0. The van der Waals surface area contributed by atoms with E-state index < -0.39 is 30.4 Å². The van der Waals surface area contributed by atoms with E-state index in [2.05, 4.69) is 5.32 Å². The number of esters is 1. The molecule has 0 aromatic heterocycles. The van der Waals surface area contributed by atoms with Gasteiger partial charge in [0.15, 0.2) is 0 Å². The van der Waals surface area contributed by atoms with Gasteiger partial charge in [0.1, 0.15) is 29.8 Å². The SMILES string of the molecule is COc1cc(OC)cc(C(=O)N/C=C/C(C)=C/[C@@H](C)[C@H]2C/C(C)=C/C=C/CC[C@H](OC(N)=O)[C@@H](O)/C=C/CCCC/C=C/C(=O)O2)c1. The summed E-state index contributed by atoms with van der Waals surface area (Å²) in [5, 5.41) is 13.3. The fourth-order valence-electron chi connectivity index (χ4n) is 4.86. The number of carbonyl (C=O) groups excluding carboxylic acids is 3. The van der Waals surface area contributed by atoms with Crippen LogP contribution in [0.25, 0.3) is 0 Å². The van der Waals surface area contributed by atoms with Gasteiger partial charge in [-0.15, -0.1) is 0 Å². The first-order valence-electron chi connectivity index (χ1n) is 15.9. The number of allylic oxidation sites excluding steroid dienone is 7. The fraction of sp³-hybridized carbons (Fsp3) is 0.432. The van der Waals surface area contributed by atoms with E-state index in [1.165, 1.54) is 20.3 Å². The zero-order valence-electron chi connectivity index (χ0n) is 28.1. The number of aliphatic hydroxyl groups excluding tert-OH is 1. The van der Waals surface area contributed by atoms with Crippen molar-refractivity contribution in [2.75, 3.05) is 14.2 Å². The van der Waals surface area contributed by atoms with Gasteiger partial charge >= 0.3 is 12.1 Å². The molecule has 10 heteroatoms. The van der Waals surface area contributed by atoms with Gasteiger partial charge in [-0.05, 0) is 70.6 Å². The second-order valence-electron chi connectivity index (χ2n) is 11.5. The maximum Gasteiger partial charge on any atom is 0.404 e. The third-order valence-corrected chi connectivity index (χ3v) is 7.44. The van der Waals surface area contributed by atoms with Crippen molar-refractivity contribution in [3.8, 4) is 11.5 Å². The minimum Gasteiger partial charge on any atom is -0.497 e. The fourth-order valence-corrected chi connectivity index (χ4v) is 4.86. The number of primary amides is 1. The molecule has 0 unspecified atom stereocenters. The van der Waals surface area contributed by atoms with E-state index in [-0.39, 0.29) is 11.8 Å². The lowest BCUT2D eigenvalue weighted by Crippen LogP contribution is -2.32. The van der Waals surface area contributed by atoms with E-state index >= 15 is 0 Å². The van der Waals surface area contributed by atoms with Crippen LogP contribution < -0.4 is 20.5 Å². The van der Waals surface area contributed by atoms with Crippen LogP contribution in [0.15, 0.2) is 90.2 Å².